The molecule has 100 valence electrons. The smallest absolute Gasteiger partial charge is 0.236 e. The lowest BCUT2D eigenvalue weighted by Gasteiger charge is -2.26. The van der Waals surface area contributed by atoms with Crippen molar-refractivity contribution in [3.63, 3.8) is 0 Å². The summed E-state index contributed by atoms with van der Waals surface area (Å²) in [7, 11) is 5.17. The van der Waals surface area contributed by atoms with Gasteiger partial charge in [0, 0.05) is 19.6 Å². The number of likely N-dealkylation sites (N-methyl/N-ethyl adjacent to an activating group) is 2. The van der Waals surface area contributed by atoms with Crippen molar-refractivity contribution in [2.75, 3.05) is 34.2 Å². The van der Waals surface area contributed by atoms with Crippen molar-refractivity contribution in [3.05, 3.63) is 0 Å². The molecule has 0 radical (unpaired) electrons. The third-order valence-corrected chi connectivity index (χ3v) is 2.68. The van der Waals surface area contributed by atoms with E-state index in [4.69, 9.17) is 0 Å². The normalized spacial score (nSPS) is 11.5. The van der Waals surface area contributed by atoms with Crippen LogP contribution in [0.15, 0.2) is 0 Å². The first-order valence-electron chi connectivity index (χ1n) is 5.87. The molecule has 0 aliphatic heterocycles. The molecule has 0 aliphatic carbocycles. The summed E-state index contributed by atoms with van der Waals surface area (Å²) in [6.45, 7) is 6.49. The molecule has 0 aromatic rings. The SMILES string of the molecule is CCC(C)(C)NC(=O)CN(C)CC(=O)N(C)C. The Hall–Kier alpha value is -1.10. The molecule has 0 rings (SSSR count). The lowest BCUT2D eigenvalue weighted by atomic mass is 10.0. The highest BCUT2D eigenvalue weighted by Gasteiger charge is 2.19. The van der Waals surface area contributed by atoms with E-state index in [9.17, 15) is 9.59 Å². The zero-order valence-electron chi connectivity index (χ0n) is 11.8. The van der Waals surface area contributed by atoms with Crippen molar-refractivity contribution in [3.8, 4) is 0 Å². The average Bonchev–Trinajstić information content (AvgIpc) is 2.15. The molecule has 0 fully saturated rings. The topological polar surface area (TPSA) is 52.7 Å². The Morgan fingerprint density at radius 3 is 2.06 bits per heavy atom. The lowest BCUT2D eigenvalue weighted by Crippen LogP contribution is -2.48. The number of nitrogens with zero attached hydrogens (tertiary/aromatic N) is 2. The van der Waals surface area contributed by atoms with Crippen LogP contribution in [0.4, 0.5) is 0 Å². The van der Waals surface area contributed by atoms with Crippen LogP contribution >= 0.6 is 0 Å². The van der Waals surface area contributed by atoms with E-state index in [2.05, 4.69) is 5.32 Å². The summed E-state index contributed by atoms with van der Waals surface area (Å²) in [5.41, 5.74) is -0.191. The van der Waals surface area contributed by atoms with Crippen molar-refractivity contribution >= 4 is 11.8 Å². The fourth-order valence-corrected chi connectivity index (χ4v) is 1.18. The molecule has 0 saturated heterocycles. The van der Waals surface area contributed by atoms with E-state index in [0.29, 0.717) is 0 Å². The predicted octanol–water partition coefficient (Wildman–Crippen LogP) is 0.311. The zero-order chi connectivity index (χ0) is 13.6. The molecular weight excluding hydrogens is 218 g/mol. The first-order chi connectivity index (χ1) is 7.68. The minimum absolute atomic E-state index is 0.00458. The number of rotatable bonds is 6. The number of hydrogen-bond acceptors (Lipinski definition) is 3. The zero-order valence-corrected chi connectivity index (χ0v) is 11.8. The molecule has 0 atom stereocenters. The molecule has 0 aromatic heterocycles. The lowest BCUT2D eigenvalue weighted by molar-refractivity contribution is -0.130. The van der Waals surface area contributed by atoms with Crippen LogP contribution in [0.3, 0.4) is 0 Å². The van der Waals surface area contributed by atoms with Crippen LogP contribution in [0.5, 0.6) is 0 Å². The number of carbonyl (C=O) groups is 2. The number of carbonyl (C=O) groups excluding carboxylic acids is 2. The maximum Gasteiger partial charge on any atom is 0.236 e. The monoisotopic (exact) mass is 243 g/mol. The van der Waals surface area contributed by atoms with Crippen LogP contribution in [0.25, 0.3) is 0 Å². The molecule has 0 saturated carbocycles. The van der Waals surface area contributed by atoms with Crippen molar-refractivity contribution in [2.24, 2.45) is 0 Å². The van der Waals surface area contributed by atoms with Gasteiger partial charge in [0.15, 0.2) is 0 Å². The highest BCUT2D eigenvalue weighted by molar-refractivity contribution is 5.81. The van der Waals surface area contributed by atoms with E-state index < -0.39 is 0 Å². The van der Waals surface area contributed by atoms with E-state index in [1.165, 1.54) is 4.90 Å². The first-order valence-corrected chi connectivity index (χ1v) is 5.87. The summed E-state index contributed by atoms with van der Waals surface area (Å²) in [5.74, 6) is -0.0547. The summed E-state index contributed by atoms with van der Waals surface area (Å²) >= 11 is 0. The second-order valence-corrected chi connectivity index (χ2v) is 5.25. The largest absolute Gasteiger partial charge is 0.350 e. The summed E-state index contributed by atoms with van der Waals surface area (Å²) in [5, 5.41) is 2.93. The molecule has 0 unspecified atom stereocenters. The molecule has 1 N–H and O–H groups in total. The third kappa shape index (κ3) is 6.94. The van der Waals surface area contributed by atoms with Crippen LogP contribution in [-0.2, 0) is 9.59 Å². The van der Waals surface area contributed by atoms with Gasteiger partial charge in [-0.05, 0) is 27.3 Å². The van der Waals surface area contributed by atoms with E-state index in [1.54, 1.807) is 26.0 Å². The van der Waals surface area contributed by atoms with Gasteiger partial charge >= 0.3 is 0 Å². The van der Waals surface area contributed by atoms with Gasteiger partial charge in [0.1, 0.15) is 0 Å². The Morgan fingerprint density at radius 2 is 1.65 bits per heavy atom. The van der Waals surface area contributed by atoms with Gasteiger partial charge in [0.25, 0.3) is 0 Å². The minimum Gasteiger partial charge on any atom is -0.350 e. The maximum atomic E-state index is 11.7. The standard InChI is InChI=1S/C12H25N3O2/c1-7-12(2,3)13-10(16)8-15(6)9-11(17)14(4)5/h7-9H2,1-6H3,(H,13,16). The van der Waals surface area contributed by atoms with E-state index in [0.717, 1.165) is 6.42 Å². The molecule has 5 heteroatoms. The fourth-order valence-electron chi connectivity index (χ4n) is 1.18. The van der Waals surface area contributed by atoms with E-state index >= 15 is 0 Å². The molecular formula is C12H25N3O2. The minimum atomic E-state index is -0.191. The molecule has 0 bridgehead atoms. The second-order valence-electron chi connectivity index (χ2n) is 5.25. The van der Waals surface area contributed by atoms with Gasteiger partial charge in [-0.15, -0.1) is 0 Å². The fraction of sp³-hybridized carbons (Fsp3) is 0.833. The van der Waals surface area contributed by atoms with Gasteiger partial charge in [-0.2, -0.15) is 0 Å². The van der Waals surface area contributed by atoms with Gasteiger partial charge in [0.2, 0.25) is 11.8 Å². The van der Waals surface area contributed by atoms with Gasteiger partial charge in [-0.3, -0.25) is 14.5 Å². The Labute approximate surface area is 104 Å². The van der Waals surface area contributed by atoms with Crippen molar-refractivity contribution in [2.45, 2.75) is 32.7 Å². The Kier molecular flexibility index (Phi) is 6.16. The van der Waals surface area contributed by atoms with Crippen LogP contribution in [0.1, 0.15) is 27.2 Å². The molecule has 17 heavy (non-hydrogen) atoms. The number of hydrogen-bond donors (Lipinski definition) is 1. The van der Waals surface area contributed by atoms with Crippen LogP contribution in [0, 0.1) is 0 Å². The quantitative estimate of drug-likeness (QED) is 0.730. The highest BCUT2D eigenvalue weighted by Crippen LogP contribution is 2.06. The third-order valence-electron chi connectivity index (χ3n) is 2.68. The number of nitrogens with one attached hydrogen (secondary N) is 1. The van der Waals surface area contributed by atoms with Gasteiger partial charge in [-0.1, -0.05) is 6.92 Å². The Morgan fingerprint density at radius 1 is 1.12 bits per heavy atom. The maximum absolute atomic E-state index is 11.7. The predicted molar refractivity (Wildman–Crippen MR) is 68.7 cm³/mol. The van der Waals surface area contributed by atoms with Crippen LogP contribution in [-0.4, -0.2) is 61.4 Å². The first kappa shape index (κ1) is 15.9. The van der Waals surface area contributed by atoms with Crippen LogP contribution in [0.2, 0.25) is 0 Å². The molecule has 0 aromatic carbocycles. The average molecular weight is 243 g/mol. The Balaban J connectivity index is 4.09. The molecule has 0 aliphatic rings. The van der Waals surface area contributed by atoms with E-state index in [1.807, 2.05) is 20.8 Å². The van der Waals surface area contributed by atoms with Crippen LogP contribution < -0.4 is 5.32 Å². The van der Waals surface area contributed by atoms with Gasteiger partial charge < -0.3 is 10.2 Å². The summed E-state index contributed by atoms with van der Waals surface area (Å²) in [6, 6.07) is 0. The van der Waals surface area contributed by atoms with Crippen molar-refractivity contribution in [1.82, 2.24) is 15.1 Å². The summed E-state index contributed by atoms with van der Waals surface area (Å²) in [6.07, 6.45) is 0.874. The molecule has 5 nitrogen and oxygen atoms in total. The Bertz CT molecular complexity index is 275. The summed E-state index contributed by atoms with van der Waals surface area (Å²) < 4.78 is 0. The second kappa shape index (κ2) is 6.59. The highest BCUT2D eigenvalue weighted by atomic mass is 16.2. The van der Waals surface area contributed by atoms with E-state index in [-0.39, 0.29) is 30.4 Å². The molecule has 0 spiro atoms. The van der Waals surface area contributed by atoms with Crippen molar-refractivity contribution < 1.29 is 9.59 Å². The number of amides is 2. The van der Waals surface area contributed by atoms with Crippen molar-refractivity contribution in [1.29, 1.82) is 0 Å². The van der Waals surface area contributed by atoms with Gasteiger partial charge in [-0.25, -0.2) is 0 Å². The molecule has 2 amide bonds. The molecule has 0 heterocycles. The summed E-state index contributed by atoms with van der Waals surface area (Å²) in [4.78, 5) is 26.4. The van der Waals surface area contributed by atoms with Gasteiger partial charge in [0.05, 0.1) is 13.1 Å².